The van der Waals surface area contributed by atoms with E-state index in [4.69, 9.17) is 4.98 Å². The minimum absolute atomic E-state index is 0.0183. The van der Waals surface area contributed by atoms with Crippen molar-refractivity contribution in [3.8, 4) is 0 Å². The first-order valence-electron chi connectivity index (χ1n) is 6.46. The van der Waals surface area contributed by atoms with Crippen LogP contribution in [-0.2, 0) is 12.0 Å². The summed E-state index contributed by atoms with van der Waals surface area (Å²) in [4.78, 5) is 7.11. The van der Waals surface area contributed by atoms with E-state index in [0.717, 1.165) is 41.7 Å². The van der Waals surface area contributed by atoms with Crippen LogP contribution in [0.1, 0.15) is 32.0 Å². The van der Waals surface area contributed by atoms with E-state index in [0.29, 0.717) is 0 Å². The molecular weight excluding hydrogens is 244 g/mol. The maximum Gasteiger partial charge on any atom is 0.129 e. The van der Waals surface area contributed by atoms with Crippen LogP contribution in [0.25, 0.3) is 0 Å². The molecule has 0 saturated carbocycles. The first-order valence-corrected chi connectivity index (χ1v) is 7.61. The predicted molar refractivity (Wildman–Crippen MR) is 78.4 cm³/mol. The van der Waals surface area contributed by atoms with Gasteiger partial charge in [-0.25, -0.2) is 4.98 Å². The van der Waals surface area contributed by atoms with Crippen LogP contribution in [0, 0.1) is 0 Å². The third kappa shape index (κ3) is 3.18. The predicted octanol–water partition coefficient (Wildman–Crippen LogP) is 2.42. The van der Waals surface area contributed by atoms with Gasteiger partial charge in [-0.3, -0.25) is 0 Å². The van der Waals surface area contributed by atoms with Crippen molar-refractivity contribution in [3.63, 3.8) is 0 Å². The molecule has 3 nitrogen and oxygen atoms in total. The second kappa shape index (κ2) is 5.49. The number of aliphatic hydroxyl groups is 1. The molecule has 100 valence electrons. The Hall–Kier alpha value is -0.740. The van der Waals surface area contributed by atoms with Gasteiger partial charge in [0.25, 0.3) is 0 Å². The Morgan fingerprint density at radius 2 is 1.94 bits per heavy atom. The molecule has 0 aliphatic carbocycles. The summed E-state index contributed by atoms with van der Waals surface area (Å²) in [6.45, 7) is 8.67. The summed E-state index contributed by atoms with van der Waals surface area (Å²) in [5, 5.41) is 9.40. The third-order valence-corrected chi connectivity index (χ3v) is 4.10. The molecule has 1 aromatic rings. The van der Waals surface area contributed by atoms with Crippen LogP contribution in [0.4, 0.5) is 5.82 Å². The average molecular weight is 266 g/mol. The quantitative estimate of drug-likeness (QED) is 0.892. The molecule has 1 aliphatic heterocycles. The van der Waals surface area contributed by atoms with Crippen molar-refractivity contribution in [3.05, 3.63) is 23.4 Å². The number of aromatic nitrogens is 1. The molecule has 0 radical (unpaired) electrons. The summed E-state index contributed by atoms with van der Waals surface area (Å²) in [6.07, 6.45) is 0. The average Bonchev–Trinajstić information content (AvgIpc) is 2.38. The molecule has 2 heterocycles. The van der Waals surface area contributed by atoms with Crippen molar-refractivity contribution < 1.29 is 5.11 Å². The smallest absolute Gasteiger partial charge is 0.129 e. The van der Waals surface area contributed by atoms with Crippen LogP contribution in [-0.4, -0.2) is 34.7 Å². The van der Waals surface area contributed by atoms with E-state index in [1.165, 1.54) is 0 Å². The number of pyridine rings is 1. The number of thioether (sulfide) groups is 1. The molecule has 18 heavy (non-hydrogen) atoms. The number of hydrogen-bond acceptors (Lipinski definition) is 4. The highest BCUT2D eigenvalue weighted by Gasteiger charge is 2.20. The van der Waals surface area contributed by atoms with Crippen molar-refractivity contribution in [1.29, 1.82) is 0 Å². The lowest BCUT2D eigenvalue weighted by Gasteiger charge is -2.29. The second-order valence-corrected chi connectivity index (χ2v) is 6.95. The summed E-state index contributed by atoms with van der Waals surface area (Å²) in [6, 6.07) is 4.04. The van der Waals surface area contributed by atoms with Gasteiger partial charge >= 0.3 is 0 Å². The summed E-state index contributed by atoms with van der Waals surface area (Å²) in [5.41, 5.74) is 2.04. The van der Waals surface area contributed by atoms with Crippen LogP contribution >= 0.6 is 11.8 Å². The molecule has 0 amide bonds. The third-order valence-electron chi connectivity index (χ3n) is 3.16. The van der Waals surface area contributed by atoms with E-state index in [2.05, 4.69) is 25.7 Å². The van der Waals surface area contributed by atoms with Crippen LogP contribution in [0.3, 0.4) is 0 Å². The van der Waals surface area contributed by atoms with Gasteiger partial charge in [-0.15, -0.1) is 0 Å². The highest BCUT2D eigenvalue weighted by molar-refractivity contribution is 7.99. The normalized spacial score (nSPS) is 17.0. The minimum Gasteiger partial charge on any atom is -0.392 e. The molecule has 1 N–H and O–H groups in total. The number of aliphatic hydroxyl groups excluding tert-OH is 1. The SMILES string of the molecule is CC(C)(C)c1cc(CO)cc(N2CCSCC2)n1. The first kappa shape index (κ1) is 13.7. The van der Waals surface area contributed by atoms with Crippen molar-refractivity contribution >= 4 is 17.6 Å². The Labute approximate surface area is 114 Å². The fourth-order valence-corrected chi connectivity index (χ4v) is 2.90. The Bertz CT molecular complexity index is 409. The number of rotatable bonds is 2. The van der Waals surface area contributed by atoms with E-state index in [1.807, 2.05) is 23.9 Å². The van der Waals surface area contributed by atoms with E-state index in [1.54, 1.807) is 0 Å². The van der Waals surface area contributed by atoms with Crippen LogP contribution in [0.2, 0.25) is 0 Å². The Balaban J connectivity index is 2.34. The molecule has 2 rings (SSSR count). The van der Waals surface area contributed by atoms with E-state index < -0.39 is 0 Å². The Kier molecular flexibility index (Phi) is 4.17. The minimum atomic E-state index is 0.0183. The van der Waals surface area contributed by atoms with Crippen LogP contribution in [0.15, 0.2) is 12.1 Å². The highest BCUT2D eigenvalue weighted by Crippen LogP contribution is 2.26. The molecule has 1 fully saturated rings. The lowest BCUT2D eigenvalue weighted by molar-refractivity contribution is 0.281. The van der Waals surface area contributed by atoms with Gasteiger partial charge < -0.3 is 10.0 Å². The molecule has 4 heteroatoms. The summed E-state index contributed by atoms with van der Waals surface area (Å²) >= 11 is 1.99. The second-order valence-electron chi connectivity index (χ2n) is 5.73. The zero-order valence-electron chi connectivity index (χ0n) is 11.4. The lowest BCUT2D eigenvalue weighted by atomic mass is 9.91. The zero-order chi connectivity index (χ0) is 13.2. The van der Waals surface area contributed by atoms with Gasteiger partial charge in [-0.2, -0.15) is 11.8 Å². The fourth-order valence-electron chi connectivity index (χ4n) is 2.00. The lowest BCUT2D eigenvalue weighted by Crippen LogP contribution is -2.33. The standard InChI is InChI=1S/C14H22N2OS/c1-14(2,3)12-8-11(10-17)9-13(15-12)16-4-6-18-7-5-16/h8-9,17H,4-7,10H2,1-3H3. The van der Waals surface area contributed by atoms with Gasteiger partial charge in [0.2, 0.25) is 0 Å². The van der Waals surface area contributed by atoms with Crippen molar-refractivity contribution in [2.45, 2.75) is 32.8 Å². The molecule has 0 unspecified atom stereocenters. The molecule has 1 saturated heterocycles. The molecular formula is C14H22N2OS. The molecule has 0 aromatic carbocycles. The Morgan fingerprint density at radius 3 is 2.50 bits per heavy atom. The summed E-state index contributed by atoms with van der Waals surface area (Å²) in [7, 11) is 0. The zero-order valence-corrected chi connectivity index (χ0v) is 12.3. The Morgan fingerprint density at radius 1 is 1.28 bits per heavy atom. The number of anilines is 1. The molecule has 0 atom stereocenters. The molecule has 0 bridgehead atoms. The van der Waals surface area contributed by atoms with Gasteiger partial charge in [-0.05, 0) is 17.7 Å². The van der Waals surface area contributed by atoms with E-state index in [9.17, 15) is 5.11 Å². The van der Waals surface area contributed by atoms with Gasteiger partial charge in [0, 0.05) is 35.7 Å². The highest BCUT2D eigenvalue weighted by atomic mass is 32.2. The maximum atomic E-state index is 9.40. The number of hydrogen-bond donors (Lipinski definition) is 1. The first-order chi connectivity index (χ1) is 8.50. The van der Waals surface area contributed by atoms with E-state index in [-0.39, 0.29) is 12.0 Å². The monoisotopic (exact) mass is 266 g/mol. The van der Waals surface area contributed by atoms with Gasteiger partial charge in [-0.1, -0.05) is 20.8 Å². The number of nitrogens with zero attached hydrogens (tertiary/aromatic N) is 2. The fraction of sp³-hybridized carbons (Fsp3) is 0.643. The molecule has 1 aliphatic rings. The van der Waals surface area contributed by atoms with Crippen LogP contribution in [0.5, 0.6) is 0 Å². The van der Waals surface area contributed by atoms with Crippen molar-refractivity contribution in [2.24, 2.45) is 0 Å². The van der Waals surface area contributed by atoms with Gasteiger partial charge in [0.1, 0.15) is 5.82 Å². The van der Waals surface area contributed by atoms with Crippen molar-refractivity contribution in [1.82, 2.24) is 4.98 Å². The molecule has 0 spiro atoms. The largest absolute Gasteiger partial charge is 0.392 e. The van der Waals surface area contributed by atoms with E-state index >= 15 is 0 Å². The van der Waals surface area contributed by atoms with Crippen LogP contribution < -0.4 is 4.90 Å². The summed E-state index contributed by atoms with van der Waals surface area (Å²) in [5.74, 6) is 3.35. The van der Waals surface area contributed by atoms with Crippen molar-refractivity contribution in [2.75, 3.05) is 29.5 Å². The summed E-state index contributed by atoms with van der Waals surface area (Å²) < 4.78 is 0. The van der Waals surface area contributed by atoms with Gasteiger partial charge in [0.15, 0.2) is 0 Å². The molecule has 1 aromatic heterocycles. The topological polar surface area (TPSA) is 36.4 Å². The maximum absolute atomic E-state index is 9.40. The van der Waals surface area contributed by atoms with Gasteiger partial charge in [0.05, 0.1) is 6.61 Å².